The van der Waals surface area contributed by atoms with Gasteiger partial charge in [-0.2, -0.15) is 0 Å². The van der Waals surface area contributed by atoms with Crippen LogP contribution in [0.1, 0.15) is 317 Å². The summed E-state index contributed by atoms with van der Waals surface area (Å²) in [5.41, 5.74) is 0. The molecule has 1 aliphatic heterocycles. The van der Waals surface area contributed by atoms with Crippen LogP contribution < -0.4 is 0 Å². The molecule has 89 heavy (non-hydrogen) atoms. The highest BCUT2D eigenvalue weighted by atomic mass is 33.1. The van der Waals surface area contributed by atoms with Crippen LogP contribution in [0, 0.1) is 0 Å². The standard InChI is InChI=1S/C77H148N4O6S2/c1-5-9-13-17-21-25-27-29-31-33-35-39-43-47-55-75(84)71-81(72-76(85)56-48-44-40-36-34-32-30-28-26-22-18-14-10-6-2)59-51-52-67-88-89-68-65-79-62-60-78(61-63-79)64-66-87-77(86)57-49-50-58-80(69-73(82)53-45-41-37-23-19-15-11-7-3)70-74(83)54-46-42-38-24-20-16-12-8-4/h21-22,25-26,29-32,73-76,82-85H,5-20,23-24,27-28,33-72H2,1-4H3/b25-21-,26-22-,31-29-,32-30-/t73?,74?,75-,76-/m0/s1. The minimum absolute atomic E-state index is 0.116. The first-order valence-electron chi connectivity index (χ1n) is 38.3. The predicted molar refractivity (Wildman–Crippen MR) is 393 cm³/mol. The van der Waals surface area contributed by atoms with Gasteiger partial charge in [0.25, 0.3) is 0 Å². The Morgan fingerprint density at radius 1 is 0.382 bits per heavy atom. The number of ether oxygens (including phenoxy) is 1. The van der Waals surface area contributed by atoms with Gasteiger partial charge in [-0.1, -0.05) is 265 Å². The Hall–Kier alpha value is -1.19. The zero-order valence-corrected chi connectivity index (χ0v) is 60.7. The molecule has 1 rings (SSSR count). The molecular weight excluding hydrogens is 1140 g/mol. The van der Waals surface area contributed by atoms with Gasteiger partial charge >= 0.3 is 5.97 Å². The van der Waals surface area contributed by atoms with Gasteiger partial charge in [-0.3, -0.25) is 24.4 Å². The lowest BCUT2D eigenvalue weighted by Crippen LogP contribution is -2.47. The van der Waals surface area contributed by atoms with Gasteiger partial charge < -0.3 is 25.2 Å². The van der Waals surface area contributed by atoms with Crippen LogP contribution in [0.3, 0.4) is 0 Å². The average Bonchev–Trinajstić information content (AvgIpc) is 3.67. The van der Waals surface area contributed by atoms with E-state index in [9.17, 15) is 25.2 Å². The third-order valence-electron chi connectivity index (χ3n) is 17.9. The number of aliphatic hydroxyl groups excluding tert-OH is 4. The summed E-state index contributed by atoms with van der Waals surface area (Å²) in [6.45, 7) is 19.7. The Morgan fingerprint density at radius 3 is 1.09 bits per heavy atom. The Labute approximate surface area is 560 Å². The van der Waals surface area contributed by atoms with Crippen molar-refractivity contribution in [2.24, 2.45) is 0 Å². The Balaban J connectivity index is 2.39. The molecule has 10 nitrogen and oxygen atoms in total. The Bertz CT molecular complexity index is 1500. The molecule has 0 spiro atoms. The van der Waals surface area contributed by atoms with Crippen molar-refractivity contribution in [2.45, 2.75) is 341 Å². The van der Waals surface area contributed by atoms with Crippen molar-refractivity contribution in [3.05, 3.63) is 48.6 Å². The summed E-state index contributed by atoms with van der Waals surface area (Å²) in [7, 11) is 3.98. The molecule has 0 bridgehead atoms. The third-order valence-corrected chi connectivity index (χ3v) is 20.4. The van der Waals surface area contributed by atoms with Crippen molar-refractivity contribution >= 4 is 27.6 Å². The van der Waals surface area contributed by atoms with Gasteiger partial charge in [0.05, 0.1) is 24.4 Å². The molecule has 0 radical (unpaired) electrons. The molecule has 1 saturated heterocycles. The Morgan fingerprint density at radius 2 is 0.697 bits per heavy atom. The van der Waals surface area contributed by atoms with Crippen molar-refractivity contribution in [2.75, 3.05) is 96.6 Å². The first-order valence-corrected chi connectivity index (χ1v) is 40.8. The smallest absolute Gasteiger partial charge is 0.305 e. The molecule has 1 heterocycles. The van der Waals surface area contributed by atoms with Gasteiger partial charge in [0, 0.05) is 83.4 Å². The molecule has 4 N–H and O–H groups in total. The van der Waals surface area contributed by atoms with Gasteiger partial charge in [-0.15, -0.1) is 0 Å². The van der Waals surface area contributed by atoms with Crippen LogP contribution in [0.2, 0.25) is 0 Å². The zero-order chi connectivity index (χ0) is 64.4. The number of rotatable bonds is 69. The molecule has 1 aliphatic rings. The summed E-state index contributed by atoms with van der Waals surface area (Å²) in [6, 6.07) is 0. The van der Waals surface area contributed by atoms with Crippen molar-refractivity contribution in [1.29, 1.82) is 0 Å². The average molecular weight is 1290 g/mol. The maximum Gasteiger partial charge on any atom is 0.305 e. The van der Waals surface area contributed by atoms with Crippen molar-refractivity contribution in [1.82, 2.24) is 19.6 Å². The first kappa shape index (κ1) is 85.8. The molecule has 0 amide bonds. The van der Waals surface area contributed by atoms with Crippen LogP contribution in [0.15, 0.2) is 48.6 Å². The van der Waals surface area contributed by atoms with Gasteiger partial charge in [0.2, 0.25) is 0 Å². The monoisotopic (exact) mass is 1290 g/mol. The molecule has 0 aromatic rings. The lowest BCUT2D eigenvalue weighted by Gasteiger charge is -2.34. The highest BCUT2D eigenvalue weighted by Gasteiger charge is 2.20. The van der Waals surface area contributed by atoms with Crippen LogP contribution in [0.4, 0.5) is 0 Å². The second-order valence-corrected chi connectivity index (χ2v) is 29.4. The molecular formula is C77H148N4O6S2. The molecule has 0 aliphatic carbocycles. The molecule has 0 aromatic carbocycles. The fourth-order valence-corrected chi connectivity index (χ4v) is 14.3. The summed E-state index contributed by atoms with van der Waals surface area (Å²) < 4.78 is 5.72. The van der Waals surface area contributed by atoms with Gasteiger partial charge in [0.15, 0.2) is 0 Å². The fourth-order valence-electron chi connectivity index (χ4n) is 12.1. The van der Waals surface area contributed by atoms with Crippen molar-refractivity contribution in [3.63, 3.8) is 0 Å². The summed E-state index contributed by atoms with van der Waals surface area (Å²) in [4.78, 5) is 22.4. The third kappa shape index (κ3) is 61.4. The molecule has 2 unspecified atom stereocenters. The summed E-state index contributed by atoms with van der Waals surface area (Å²) >= 11 is 0. The number of esters is 1. The topological polar surface area (TPSA) is 120 Å². The van der Waals surface area contributed by atoms with Crippen LogP contribution in [0.25, 0.3) is 0 Å². The van der Waals surface area contributed by atoms with Crippen LogP contribution in [0.5, 0.6) is 0 Å². The van der Waals surface area contributed by atoms with Crippen LogP contribution in [-0.4, -0.2) is 167 Å². The minimum Gasteiger partial charge on any atom is -0.464 e. The number of piperazine rings is 1. The summed E-state index contributed by atoms with van der Waals surface area (Å²) in [5, 5.41) is 44.4. The van der Waals surface area contributed by atoms with E-state index in [0.29, 0.717) is 39.2 Å². The quantitative estimate of drug-likeness (QED) is 0.0201. The second kappa shape index (κ2) is 68.2. The molecule has 0 saturated carbocycles. The number of unbranched alkanes of at least 4 members (excludes halogenated alkanes) is 30. The van der Waals surface area contributed by atoms with Crippen LogP contribution >= 0.6 is 21.6 Å². The summed E-state index contributed by atoms with van der Waals surface area (Å²) in [5.74, 6) is 2.12. The van der Waals surface area contributed by atoms with E-state index in [1.165, 1.54) is 180 Å². The first-order chi connectivity index (χ1) is 43.7. The van der Waals surface area contributed by atoms with Crippen LogP contribution in [-0.2, 0) is 9.53 Å². The SMILES string of the molecule is CCCCC/C=C\C/C=C\CCCCCC[C@H](O)CN(CCCCSSCCN1CCN(CCOC(=O)CCCCN(CC(O)CCCCCCCCCC)CC(O)CCCCCCCCCC)CC1)C[C@@H](O)CCCCCC/C=C\C/C=C\CCCCC. The maximum atomic E-state index is 12.8. The number of allylic oxidation sites excluding steroid dienone is 8. The number of carbonyl (C=O) groups is 1. The second-order valence-electron chi connectivity index (χ2n) is 26.7. The number of hydrogen-bond donors (Lipinski definition) is 4. The van der Waals surface area contributed by atoms with E-state index in [1.807, 2.05) is 21.6 Å². The maximum absolute atomic E-state index is 12.8. The van der Waals surface area contributed by atoms with Gasteiger partial charge in [-0.25, -0.2) is 0 Å². The molecule has 1 fully saturated rings. The highest BCUT2D eigenvalue weighted by Crippen LogP contribution is 2.24. The zero-order valence-electron chi connectivity index (χ0n) is 59.1. The van der Waals surface area contributed by atoms with E-state index in [0.717, 1.165) is 167 Å². The van der Waals surface area contributed by atoms with E-state index < -0.39 is 0 Å². The Kier molecular flexibility index (Phi) is 65.8. The van der Waals surface area contributed by atoms with Crippen molar-refractivity contribution in [3.8, 4) is 0 Å². The van der Waals surface area contributed by atoms with E-state index in [2.05, 4.69) is 95.9 Å². The molecule has 0 aromatic heterocycles. The number of carbonyl (C=O) groups excluding carboxylic acids is 1. The minimum atomic E-state index is -0.378. The largest absolute Gasteiger partial charge is 0.464 e. The predicted octanol–water partition coefficient (Wildman–Crippen LogP) is 19.4. The van der Waals surface area contributed by atoms with E-state index >= 15 is 0 Å². The lowest BCUT2D eigenvalue weighted by molar-refractivity contribution is -0.144. The number of nitrogens with zero attached hydrogens (tertiary/aromatic N) is 4. The molecule has 4 atom stereocenters. The molecule has 524 valence electrons. The van der Waals surface area contributed by atoms with Crippen molar-refractivity contribution < 1.29 is 30.0 Å². The number of hydrogen-bond acceptors (Lipinski definition) is 12. The molecule has 12 heteroatoms. The number of aliphatic hydroxyl groups is 4. The van der Waals surface area contributed by atoms with Gasteiger partial charge in [0.1, 0.15) is 6.61 Å². The highest BCUT2D eigenvalue weighted by molar-refractivity contribution is 8.76. The van der Waals surface area contributed by atoms with E-state index in [1.54, 1.807) is 0 Å². The van der Waals surface area contributed by atoms with Gasteiger partial charge in [-0.05, 0) is 129 Å². The van der Waals surface area contributed by atoms with E-state index in [-0.39, 0.29) is 30.4 Å². The van der Waals surface area contributed by atoms with E-state index in [4.69, 9.17) is 4.74 Å². The fraction of sp³-hybridized carbons (Fsp3) is 0.883. The normalized spacial score (nSPS) is 15.2. The summed E-state index contributed by atoms with van der Waals surface area (Å²) in [6.07, 6.45) is 68.8. The lowest BCUT2D eigenvalue weighted by atomic mass is 10.0.